The third-order valence-corrected chi connectivity index (χ3v) is 3.37. The van der Waals surface area contributed by atoms with Crippen molar-refractivity contribution in [3.8, 4) is 0 Å². The molecule has 1 atom stereocenters. The molecular formula is C21H42. The van der Waals surface area contributed by atoms with Gasteiger partial charge in [0.15, 0.2) is 0 Å². The molecule has 0 radical (unpaired) electrons. The highest BCUT2D eigenvalue weighted by atomic mass is 14.1. The first-order chi connectivity index (χ1) is 10.1. The predicted molar refractivity (Wildman–Crippen MR) is 103 cm³/mol. The van der Waals surface area contributed by atoms with E-state index in [4.69, 9.17) is 0 Å². The SMILES string of the molecule is C=C(/C=C\C=C/CCCCCC)C(C)C(C)C.CC.CC. The number of unbranched alkanes of at least 4 members (excludes halogenated alkanes) is 4. The number of hydrogen-bond acceptors (Lipinski definition) is 0. The maximum atomic E-state index is 4.11. The van der Waals surface area contributed by atoms with Gasteiger partial charge in [0.1, 0.15) is 0 Å². The summed E-state index contributed by atoms with van der Waals surface area (Å²) < 4.78 is 0. The minimum atomic E-state index is 0.573. The summed E-state index contributed by atoms with van der Waals surface area (Å²) in [5.74, 6) is 1.24. The Kier molecular flexibility index (Phi) is 25.8. The quantitative estimate of drug-likeness (QED) is 0.299. The summed E-state index contributed by atoms with van der Waals surface area (Å²) in [6.07, 6.45) is 15.3. The van der Waals surface area contributed by atoms with Gasteiger partial charge in [-0.2, -0.15) is 0 Å². The fourth-order valence-corrected chi connectivity index (χ4v) is 1.62. The van der Waals surface area contributed by atoms with Gasteiger partial charge in [-0.25, -0.2) is 0 Å². The Morgan fingerprint density at radius 2 is 1.48 bits per heavy atom. The summed E-state index contributed by atoms with van der Waals surface area (Å²) in [7, 11) is 0. The van der Waals surface area contributed by atoms with Crippen molar-refractivity contribution < 1.29 is 0 Å². The molecule has 0 rings (SSSR count). The monoisotopic (exact) mass is 294 g/mol. The van der Waals surface area contributed by atoms with E-state index in [-0.39, 0.29) is 0 Å². The zero-order valence-corrected chi connectivity index (χ0v) is 16.2. The average Bonchev–Trinajstić information content (AvgIpc) is 2.52. The zero-order chi connectivity index (χ0) is 17.1. The Bertz CT molecular complexity index is 243. The summed E-state index contributed by atoms with van der Waals surface area (Å²) in [6.45, 7) is 21.1. The van der Waals surface area contributed by atoms with Crippen molar-refractivity contribution in [2.75, 3.05) is 0 Å². The van der Waals surface area contributed by atoms with Crippen LogP contribution in [0.4, 0.5) is 0 Å². The molecule has 0 aliphatic heterocycles. The van der Waals surface area contributed by atoms with Crippen LogP contribution in [0.2, 0.25) is 0 Å². The Labute approximate surface area is 136 Å². The standard InChI is InChI=1S/C17H30.2C2H6/c1-6-7-8-9-10-11-12-13-14-16(4)17(5)15(2)3;2*1-2/h11-15,17H,4,6-10H2,1-3,5H3;2*1-2H3/b12-11-,14-13-;;. The zero-order valence-electron chi connectivity index (χ0n) is 16.2. The fourth-order valence-electron chi connectivity index (χ4n) is 1.62. The van der Waals surface area contributed by atoms with Gasteiger partial charge in [-0.1, -0.05) is 111 Å². The van der Waals surface area contributed by atoms with E-state index < -0.39 is 0 Å². The number of allylic oxidation sites excluding steroid dienone is 5. The van der Waals surface area contributed by atoms with Crippen molar-refractivity contribution in [3.05, 3.63) is 36.5 Å². The maximum Gasteiger partial charge on any atom is -0.0173 e. The average molecular weight is 295 g/mol. The lowest BCUT2D eigenvalue weighted by atomic mass is 9.91. The summed E-state index contributed by atoms with van der Waals surface area (Å²) in [5.41, 5.74) is 1.23. The minimum Gasteiger partial charge on any atom is -0.0955 e. The van der Waals surface area contributed by atoms with Crippen molar-refractivity contribution in [1.29, 1.82) is 0 Å². The van der Waals surface area contributed by atoms with Gasteiger partial charge >= 0.3 is 0 Å². The van der Waals surface area contributed by atoms with Gasteiger partial charge in [-0.15, -0.1) is 0 Å². The first kappa shape index (κ1) is 25.2. The molecule has 0 saturated heterocycles. The summed E-state index contributed by atoms with van der Waals surface area (Å²) in [6, 6.07) is 0. The van der Waals surface area contributed by atoms with Crippen LogP contribution in [0.15, 0.2) is 36.5 Å². The van der Waals surface area contributed by atoms with Gasteiger partial charge in [-0.3, -0.25) is 0 Å². The van der Waals surface area contributed by atoms with E-state index in [1.165, 1.54) is 37.7 Å². The molecule has 0 spiro atoms. The van der Waals surface area contributed by atoms with Crippen LogP contribution >= 0.6 is 0 Å². The summed E-state index contributed by atoms with van der Waals surface area (Å²) in [4.78, 5) is 0. The van der Waals surface area contributed by atoms with Crippen LogP contribution in [-0.2, 0) is 0 Å². The number of rotatable bonds is 9. The van der Waals surface area contributed by atoms with Crippen molar-refractivity contribution in [3.63, 3.8) is 0 Å². The normalized spacial score (nSPS) is 11.9. The third kappa shape index (κ3) is 19.2. The van der Waals surface area contributed by atoms with Gasteiger partial charge in [0, 0.05) is 0 Å². The van der Waals surface area contributed by atoms with Crippen LogP contribution in [-0.4, -0.2) is 0 Å². The lowest BCUT2D eigenvalue weighted by Gasteiger charge is -2.15. The third-order valence-electron chi connectivity index (χ3n) is 3.37. The molecular weight excluding hydrogens is 252 g/mol. The Morgan fingerprint density at radius 1 is 0.905 bits per heavy atom. The van der Waals surface area contributed by atoms with Gasteiger partial charge in [-0.05, 0) is 24.7 Å². The molecule has 0 fully saturated rings. The highest BCUT2D eigenvalue weighted by Gasteiger charge is 2.07. The second-order valence-corrected chi connectivity index (χ2v) is 5.24. The van der Waals surface area contributed by atoms with Gasteiger partial charge in [0.05, 0.1) is 0 Å². The van der Waals surface area contributed by atoms with E-state index in [0.29, 0.717) is 11.8 Å². The molecule has 0 aromatic rings. The number of hydrogen-bond donors (Lipinski definition) is 0. The van der Waals surface area contributed by atoms with E-state index in [9.17, 15) is 0 Å². The Hall–Kier alpha value is -0.780. The lowest BCUT2D eigenvalue weighted by molar-refractivity contribution is 0.489. The summed E-state index contributed by atoms with van der Waals surface area (Å²) in [5, 5.41) is 0. The van der Waals surface area contributed by atoms with E-state index >= 15 is 0 Å². The van der Waals surface area contributed by atoms with Gasteiger partial charge < -0.3 is 0 Å². The molecule has 0 nitrogen and oxygen atoms in total. The maximum absolute atomic E-state index is 4.11. The van der Waals surface area contributed by atoms with Crippen LogP contribution in [0.3, 0.4) is 0 Å². The molecule has 0 heteroatoms. The van der Waals surface area contributed by atoms with Crippen molar-refractivity contribution >= 4 is 0 Å². The fraction of sp³-hybridized carbons (Fsp3) is 0.714. The molecule has 0 bridgehead atoms. The smallest absolute Gasteiger partial charge is 0.0173 e. The first-order valence-electron chi connectivity index (χ1n) is 9.11. The molecule has 0 aromatic heterocycles. The highest BCUT2D eigenvalue weighted by molar-refractivity contribution is 5.21. The van der Waals surface area contributed by atoms with Gasteiger partial charge in [0.2, 0.25) is 0 Å². The molecule has 0 amide bonds. The summed E-state index contributed by atoms with van der Waals surface area (Å²) >= 11 is 0. The molecule has 0 aliphatic carbocycles. The molecule has 126 valence electrons. The Balaban J connectivity index is -0.000000739. The predicted octanol–water partition coefficient (Wildman–Crippen LogP) is 7.97. The second-order valence-electron chi connectivity index (χ2n) is 5.24. The van der Waals surface area contributed by atoms with Crippen LogP contribution < -0.4 is 0 Å². The highest BCUT2D eigenvalue weighted by Crippen LogP contribution is 2.18. The molecule has 0 aliphatic rings. The molecule has 1 unspecified atom stereocenters. The van der Waals surface area contributed by atoms with E-state index in [0.717, 1.165) is 0 Å². The van der Waals surface area contributed by atoms with Crippen molar-refractivity contribution in [1.82, 2.24) is 0 Å². The van der Waals surface area contributed by atoms with E-state index in [2.05, 4.69) is 58.6 Å². The van der Waals surface area contributed by atoms with Gasteiger partial charge in [0.25, 0.3) is 0 Å². The van der Waals surface area contributed by atoms with Crippen LogP contribution in [0, 0.1) is 11.8 Å². The van der Waals surface area contributed by atoms with Crippen molar-refractivity contribution in [2.24, 2.45) is 11.8 Å². The molecule has 0 heterocycles. The van der Waals surface area contributed by atoms with Crippen molar-refractivity contribution in [2.45, 2.75) is 87.5 Å². The van der Waals surface area contributed by atoms with Crippen LogP contribution in [0.1, 0.15) is 87.5 Å². The second kappa shape index (κ2) is 21.5. The molecule has 21 heavy (non-hydrogen) atoms. The minimum absolute atomic E-state index is 0.573. The Morgan fingerprint density at radius 3 is 1.95 bits per heavy atom. The first-order valence-corrected chi connectivity index (χ1v) is 9.11. The van der Waals surface area contributed by atoms with Crippen LogP contribution in [0.25, 0.3) is 0 Å². The largest absolute Gasteiger partial charge is 0.0955 e. The van der Waals surface area contributed by atoms with E-state index in [1.807, 2.05) is 27.7 Å². The molecule has 0 N–H and O–H groups in total. The van der Waals surface area contributed by atoms with E-state index in [1.54, 1.807) is 0 Å². The topological polar surface area (TPSA) is 0 Å². The van der Waals surface area contributed by atoms with Crippen LogP contribution in [0.5, 0.6) is 0 Å². The lowest BCUT2D eigenvalue weighted by Crippen LogP contribution is -2.04. The molecule has 0 saturated carbocycles. The molecule has 0 aromatic carbocycles.